The van der Waals surface area contributed by atoms with E-state index < -0.39 is 17.6 Å². The second-order valence-corrected chi connectivity index (χ2v) is 5.05. The zero-order chi connectivity index (χ0) is 14.3. The third kappa shape index (κ3) is 4.14. The SMILES string of the molecule is CCCCCNC(=O)[C@@H](C#N)C(=O)c1scnc1C. The number of amides is 1. The van der Waals surface area contributed by atoms with Gasteiger partial charge in [0.25, 0.3) is 0 Å². The van der Waals surface area contributed by atoms with Crippen LogP contribution in [0.4, 0.5) is 0 Å². The first kappa shape index (κ1) is 15.3. The van der Waals surface area contributed by atoms with Crippen molar-refractivity contribution in [3.63, 3.8) is 0 Å². The largest absolute Gasteiger partial charge is 0.355 e. The summed E-state index contributed by atoms with van der Waals surface area (Å²) in [6.45, 7) is 4.26. The Morgan fingerprint density at radius 1 is 1.53 bits per heavy atom. The molecule has 0 fully saturated rings. The first-order valence-electron chi connectivity index (χ1n) is 6.23. The standard InChI is InChI=1S/C13H17N3O2S/c1-3-4-5-6-15-13(18)10(7-14)11(17)12-9(2)16-8-19-12/h8,10H,3-6H2,1-2H3,(H,15,18)/t10-/m0/s1. The molecule has 1 N–H and O–H groups in total. The number of nitrogens with one attached hydrogen (secondary N) is 1. The molecule has 0 spiro atoms. The number of hydrogen-bond donors (Lipinski definition) is 1. The summed E-state index contributed by atoms with van der Waals surface area (Å²) in [7, 11) is 0. The smallest absolute Gasteiger partial charge is 0.245 e. The topological polar surface area (TPSA) is 82.9 Å². The average molecular weight is 279 g/mol. The van der Waals surface area contributed by atoms with Gasteiger partial charge in [0.15, 0.2) is 5.92 Å². The van der Waals surface area contributed by atoms with E-state index >= 15 is 0 Å². The summed E-state index contributed by atoms with van der Waals surface area (Å²) in [5.41, 5.74) is 2.10. The van der Waals surface area contributed by atoms with E-state index in [-0.39, 0.29) is 0 Å². The number of nitriles is 1. The number of rotatable bonds is 7. The lowest BCUT2D eigenvalue weighted by atomic mass is 10.0. The van der Waals surface area contributed by atoms with Gasteiger partial charge >= 0.3 is 0 Å². The highest BCUT2D eigenvalue weighted by Gasteiger charge is 2.29. The van der Waals surface area contributed by atoms with Crippen molar-refractivity contribution in [2.75, 3.05) is 6.54 Å². The van der Waals surface area contributed by atoms with Crippen LogP contribution < -0.4 is 5.32 Å². The minimum atomic E-state index is -1.28. The van der Waals surface area contributed by atoms with Crippen molar-refractivity contribution >= 4 is 23.0 Å². The molecule has 1 atom stereocenters. The Labute approximate surface area is 116 Å². The maximum atomic E-state index is 12.1. The van der Waals surface area contributed by atoms with Gasteiger partial charge in [-0.1, -0.05) is 19.8 Å². The normalized spacial score (nSPS) is 11.6. The number of unbranched alkanes of at least 4 members (excludes halogenated alkanes) is 2. The molecule has 1 heterocycles. The number of ketones is 1. The Hall–Kier alpha value is -1.74. The Balaban J connectivity index is 2.63. The van der Waals surface area contributed by atoms with Crippen molar-refractivity contribution in [3.05, 3.63) is 16.1 Å². The van der Waals surface area contributed by atoms with Gasteiger partial charge in [-0.3, -0.25) is 9.59 Å². The summed E-state index contributed by atoms with van der Waals surface area (Å²) in [6, 6.07) is 1.78. The van der Waals surface area contributed by atoms with Gasteiger partial charge in [-0.15, -0.1) is 11.3 Å². The quantitative estimate of drug-likeness (QED) is 0.470. The first-order valence-corrected chi connectivity index (χ1v) is 7.11. The Morgan fingerprint density at radius 3 is 2.79 bits per heavy atom. The van der Waals surface area contributed by atoms with E-state index in [0.29, 0.717) is 17.1 Å². The number of carbonyl (C=O) groups excluding carboxylic acids is 2. The molecule has 0 saturated heterocycles. The van der Waals surface area contributed by atoms with Crippen LogP contribution in [0.1, 0.15) is 41.6 Å². The van der Waals surface area contributed by atoms with E-state index in [4.69, 9.17) is 5.26 Å². The van der Waals surface area contributed by atoms with Gasteiger partial charge in [-0.2, -0.15) is 5.26 Å². The van der Waals surface area contributed by atoms with Gasteiger partial charge in [0.05, 0.1) is 22.2 Å². The summed E-state index contributed by atoms with van der Waals surface area (Å²) >= 11 is 1.16. The molecule has 102 valence electrons. The van der Waals surface area contributed by atoms with E-state index in [0.717, 1.165) is 30.6 Å². The average Bonchev–Trinajstić information content (AvgIpc) is 2.81. The second-order valence-electron chi connectivity index (χ2n) is 4.19. The molecule has 6 heteroatoms. The molecule has 0 aliphatic rings. The maximum Gasteiger partial charge on any atom is 0.245 e. The summed E-state index contributed by atoms with van der Waals surface area (Å²) in [6.07, 6.45) is 2.92. The van der Waals surface area contributed by atoms with Crippen LogP contribution in [0.5, 0.6) is 0 Å². The van der Waals surface area contributed by atoms with Crippen LogP contribution in [0, 0.1) is 24.2 Å². The molecule has 0 saturated carbocycles. The first-order chi connectivity index (χ1) is 9.11. The number of Topliss-reactive ketones (excluding diaryl/α,β-unsaturated/α-hetero) is 1. The van der Waals surface area contributed by atoms with Crippen LogP contribution in [0.15, 0.2) is 5.51 Å². The summed E-state index contributed by atoms with van der Waals surface area (Å²) in [5, 5.41) is 11.6. The van der Waals surface area contributed by atoms with E-state index in [1.165, 1.54) is 5.51 Å². The molecule has 1 amide bonds. The molecule has 1 aromatic rings. The molecule has 0 aromatic carbocycles. The van der Waals surface area contributed by atoms with E-state index in [9.17, 15) is 9.59 Å². The number of aryl methyl sites for hydroxylation is 1. The minimum absolute atomic E-state index is 0.384. The highest BCUT2D eigenvalue weighted by atomic mass is 32.1. The molecule has 0 aliphatic heterocycles. The fourth-order valence-electron chi connectivity index (χ4n) is 1.59. The number of aromatic nitrogens is 1. The molecule has 0 aliphatic carbocycles. The van der Waals surface area contributed by atoms with E-state index in [2.05, 4.69) is 17.2 Å². The third-order valence-electron chi connectivity index (χ3n) is 2.70. The van der Waals surface area contributed by atoms with Gasteiger partial charge in [-0.25, -0.2) is 4.98 Å². The van der Waals surface area contributed by atoms with E-state index in [1.807, 2.05) is 0 Å². The lowest BCUT2D eigenvalue weighted by molar-refractivity contribution is -0.122. The van der Waals surface area contributed by atoms with Gasteiger partial charge < -0.3 is 5.32 Å². The monoisotopic (exact) mass is 279 g/mol. The highest BCUT2D eigenvalue weighted by Crippen LogP contribution is 2.17. The zero-order valence-electron chi connectivity index (χ0n) is 11.1. The van der Waals surface area contributed by atoms with Crippen molar-refractivity contribution in [3.8, 4) is 6.07 Å². The minimum Gasteiger partial charge on any atom is -0.355 e. The van der Waals surface area contributed by atoms with Crippen LogP contribution in [0.25, 0.3) is 0 Å². The molecule has 1 aromatic heterocycles. The lowest BCUT2D eigenvalue weighted by Crippen LogP contribution is -2.35. The molecule has 19 heavy (non-hydrogen) atoms. The summed E-state index contributed by atoms with van der Waals surface area (Å²) in [4.78, 5) is 28.2. The summed E-state index contributed by atoms with van der Waals surface area (Å²) < 4.78 is 0. The lowest BCUT2D eigenvalue weighted by Gasteiger charge is -2.08. The number of nitrogens with zero attached hydrogens (tertiary/aromatic N) is 2. The Morgan fingerprint density at radius 2 is 2.26 bits per heavy atom. The van der Waals surface area contributed by atoms with Crippen LogP contribution in [0.3, 0.4) is 0 Å². The predicted octanol–water partition coefficient (Wildman–Crippen LogP) is 2.08. The number of thiazole rings is 1. The van der Waals surface area contributed by atoms with Gasteiger partial charge in [0.1, 0.15) is 0 Å². The van der Waals surface area contributed by atoms with Gasteiger partial charge in [0, 0.05) is 6.54 Å². The predicted molar refractivity (Wildman–Crippen MR) is 72.8 cm³/mol. The molecule has 0 bridgehead atoms. The van der Waals surface area contributed by atoms with Crippen LogP contribution in [-0.2, 0) is 4.79 Å². The van der Waals surface area contributed by atoms with Crippen molar-refractivity contribution in [1.29, 1.82) is 5.26 Å². The zero-order valence-corrected chi connectivity index (χ0v) is 11.9. The van der Waals surface area contributed by atoms with Gasteiger partial charge in [-0.05, 0) is 13.3 Å². The maximum absolute atomic E-state index is 12.1. The van der Waals surface area contributed by atoms with Crippen LogP contribution >= 0.6 is 11.3 Å². The van der Waals surface area contributed by atoms with Crippen molar-refractivity contribution in [2.45, 2.75) is 33.1 Å². The molecule has 0 unspecified atom stereocenters. The molecule has 0 radical (unpaired) electrons. The fraction of sp³-hybridized carbons (Fsp3) is 0.538. The van der Waals surface area contributed by atoms with Crippen molar-refractivity contribution in [2.24, 2.45) is 5.92 Å². The van der Waals surface area contributed by atoms with Gasteiger partial charge in [0.2, 0.25) is 11.7 Å². The number of hydrogen-bond acceptors (Lipinski definition) is 5. The molecule has 5 nitrogen and oxygen atoms in total. The van der Waals surface area contributed by atoms with Crippen LogP contribution in [-0.4, -0.2) is 23.2 Å². The highest BCUT2D eigenvalue weighted by molar-refractivity contribution is 7.12. The Bertz CT molecular complexity index is 490. The van der Waals surface area contributed by atoms with Crippen LogP contribution in [0.2, 0.25) is 0 Å². The van der Waals surface area contributed by atoms with E-state index in [1.54, 1.807) is 13.0 Å². The number of carbonyl (C=O) groups is 2. The second kappa shape index (κ2) is 7.64. The molecular formula is C13H17N3O2S. The van der Waals surface area contributed by atoms with Crippen molar-refractivity contribution < 1.29 is 9.59 Å². The fourth-order valence-corrected chi connectivity index (χ4v) is 2.37. The molecular weight excluding hydrogens is 262 g/mol. The Kier molecular flexibility index (Phi) is 6.16. The van der Waals surface area contributed by atoms with Crippen molar-refractivity contribution in [1.82, 2.24) is 10.3 Å². The third-order valence-corrected chi connectivity index (χ3v) is 3.65. The summed E-state index contributed by atoms with van der Waals surface area (Å²) in [5.74, 6) is -2.26. The molecule has 1 rings (SSSR count).